The number of carboxylic acid groups (broad SMARTS) is 1. The molecule has 348 valence electrons. The van der Waals surface area contributed by atoms with Crippen LogP contribution in [0.1, 0.15) is 86.0 Å². The van der Waals surface area contributed by atoms with Crippen LogP contribution in [0.3, 0.4) is 0 Å². The summed E-state index contributed by atoms with van der Waals surface area (Å²) in [7, 11) is 0. The number of thiophene rings is 1. The number of rotatable bonds is 19. The summed E-state index contributed by atoms with van der Waals surface area (Å²) in [5.74, 6) is 0.866. The Morgan fingerprint density at radius 3 is 2.43 bits per heavy atom. The fourth-order valence-corrected chi connectivity index (χ4v) is 8.97. The van der Waals surface area contributed by atoms with Crippen molar-refractivity contribution in [3.63, 3.8) is 0 Å². The van der Waals surface area contributed by atoms with Crippen LogP contribution in [0.25, 0.3) is 15.6 Å². The average molecular weight is 967 g/mol. The molecule has 1 atom stereocenters. The zero-order valence-electron chi connectivity index (χ0n) is 37.9. The van der Waals surface area contributed by atoms with Crippen LogP contribution in [0.4, 0.5) is 0 Å². The van der Waals surface area contributed by atoms with E-state index in [0.717, 1.165) is 38.8 Å². The highest BCUT2D eigenvalue weighted by Gasteiger charge is 2.32. The number of thiazole rings is 1. The molecule has 0 bridgehead atoms. The molecular formula is C46H57Cl2N9O6S2. The van der Waals surface area contributed by atoms with Gasteiger partial charge >= 0.3 is 5.97 Å². The summed E-state index contributed by atoms with van der Waals surface area (Å²) >= 11 is 15.6. The zero-order valence-corrected chi connectivity index (χ0v) is 41.0. The molecule has 2 amide bonds. The molecule has 65 heavy (non-hydrogen) atoms. The molecule has 0 unspecified atom stereocenters. The van der Waals surface area contributed by atoms with Crippen molar-refractivity contribution in [2.45, 2.75) is 74.3 Å². The molecule has 15 nitrogen and oxygen atoms in total. The van der Waals surface area contributed by atoms with E-state index in [-0.39, 0.29) is 36.6 Å². The Morgan fingerprint density at radius 2 is 1.75 bits per heavy atom. The van der Waals surface area contributed by atoms with Gasteiger partial charge in [0.2, 0.25) is 11.8 Å². The van der Waals surface area contributed by atoms with Crippen LogP contribution in [0, 0.1) is 32.1 Å². The first-order valence-corrected chi connectivity index (χ1v) is 23.5. The predicted octanol–water partition coefficient (Wildman–Crippen LogP) is 8.00. The Kier molecular flexibility index (Phi) is 18.1. The number of carbonyl (C=O) groups is 3. The van der Waals surface area contributed by atoms with Crippen molar-refractivity contribution >= 4 is 69.4 Å². The second kappa shape index (κ2) is 23.2. The molecule has 0 saturated carbocycles. The summed E-state index contributed by atoms with van der Waals surface area (Å²) < 4.78 is 13.2. The molecule has 5 aromatic rings. The highest BCUT2D eigenvalue weighted by Crippen LogP contribution is 2.40. The molecule has 19 heteroatoms. The fraction of sp³-hybridized carbons (Fsp3) is 0.413. The van der Waals surface area contributed by atoms with Crippen LogP contribution in [-0.2, 0) is 25.5 Å². The van der Waals surface area contributed by atoms with Crippen LogP contribution in [-0.4, -0.2) is 87.8 Å². The summed E-state index contributed by atoms with van der Waals surface area (Å²) in [6, 6.07) is 12.5. The number of carbonyl (C=O) groups excluding carboxylic acids is 2. The third kappa shape index (κ3) is 14.3. The number of hydrogen-bond acceptors (Lipinski definition) is 13. The van der Waals surface area contributed by atoms with Crippen molar-refractivity contribution in [2.24, 2.45) is 22.1 Å². The van der Waals surface area contributed by atoms with E-state index in [4.69, 9.17) is 48.5 Å². The number of amides is 2. The van der Waals surface area contributed by atoms with Crippen LogP contribution < -0.4 is 26.4 Å². The van der Waals surface area contributed by atoms with Crippen molar-refractivity contribution in [2.75, 3.05) is 39.5 Å². The number of halogens is 2. The van der Waals surface area contributed by atoms with Crippen molar-refractivity contribution in [3.05, 3.63) is 109 Å². The molecule has 6 N–H and O–H groups in total. The number of benzene rings is 2. The van der Waals surface area contributed by atoms with Crippen molar-refractivity contribution < 1.29 is 29.0 Å². The van der Waals surface area contributed by atoms with Crippen LogP contribution in [0.5, 0.6) is 5.75 Å². The van der Waals surface area contributed by atoms with E-state index in [2.05, 4.69) is 72.7 Å². The SMILES string of the molecule is CC(C)COc1ccc(-c2nc(CC(=O)NCC(=O)O)cs2)c(Cl)c1.CCOCC(C)(C)CN/C=C(\N)CNC(=O)C[C@@H]1N=C(c2ccc(Cl)cc2)c2c(sc(C)c2C)-n2c(C)nnc21. The summed E-state index contributed by atoms with van der Waals surface area (Å²) in [4.78, 5) is 46.0. The normalized spacial score (nSPS) is 13.5. The van der Waals surface area contributed by atoms with E-state index >= 15 is 0 Å². The Labute approximate surface area is 397 Å². The molecule has 6 rings (SSSR count). The highest BCUT2D eigenvalue weighted by atomic mass is 35.5. The van der Waals surface area contributed by atoms with E-state index in [1.165, 1.54) is 16.2 Å². The molecule has 0 spiro atoms. The topological polar surface area (TPSA) is 208 Å². The van der Waals surface area contributed by atoms with Gasteiger partial charge in [0.25, 0.3) is 0 Å². The maximum Gasteiger partial charge on any atom is 0.322 e. The van der Waals surface area contributed by atoms with Crippen LogP contribution in [0.15, 0.2) is 64.7 Å². The lowest BCUT2D eigenvalue weighted by atomic mass is 9.95. The van der Waals surface area contributed by atoms with E-state index in [1.807, 2.05) is 54.8 Å². The summed E-state index contributed by atoms with van der Waals surface area (Å²) in [5, 5.41) is 30.5. The Hall–Kier alpha value is -5.33. The lowest BCUT2D eigenvalue weighted by molar-refractivity contribution is -0.137. The molecule has 1 aliphatic rings. The first kappa shape index (κ1) is 50.7. The van der Waals surface area contributed by atoms with Crippen molar-refractivity contribution in [3.8, 4) is 21.3 Å². The van der Waals surface area contributed by atoms with Crippen molar-refractivity contribution in [1.29, 1.82) is 0 Å². The number of nitrogens with zero attached hydrogens (tertiary/aromatic N) is 5. The lowest BCUT2D eigenvalue weighted by Crippen LogP contribution is -2.33. The molecule has 3 aromatic heterocycles. The quantitative estimate of drug-likeness (QED) is 0.0536. The third-order valence-corrected chi connectivity index (χ3v) is 12.6. The van der Waals surface area contributed by atoms with Gasteiger partial charge in [0.15, 0.2) is 5.82 Å². The Balaban J connectivity index is 0.000000273. The summed E-state index contributed by atoms with van der Waals surface area (Å²) in [6.45, 7) is 18.9. The van der Waals surface area contributed by atoms with Gasteiger partial charge < -0.3 is 36.3 Å². The molecule has 0 aliphatic carbocycles. The van der Waals surface area contributed by atoms with Gasteiger partial charge in [0.1, 0.15) is 34.2 Å². The Morgan fingerprint density at radius 1 is 1.03 bits per heavy atom. The van der Waals surface area contributed by atoms with Gasteiger partial charge in [0.05, 0.1) is 49.0 Å². The van der Waals surface area contributed by atoms with Gasteiger partial charge in [-0.1, -0.05) is 63.0 Å². The Bertz CT molecular complexity index is 2510. The maximum absolute atomic E-state index is 13.1. The number of nitrogens with two attached hydrogens (primary N) is 1. The van der Waals surface area contributed by atoms with Gasteiger partial charge in [-0.15, -0.1) is 32.9 Å². The van der Waals surface area contributed by atoms with E-state index in [9.17, 15) is 14.4 Å². The van der Waals surface area contributed by atoms with E-state index < -0.39 is 18.6 Å². The number of hydrogen-bond donors (Lipinski definition) is 5. The second-order valence-electron chi connectivity index (χ2n) is 16.6. The molecule has 4 heterocycles. The van der Waals surface area contributed by atoms with Crippen molar-refractivity contribution in [1.82, 2.24) is 35.7 Å². The van der Waals surface area contributed by atoms with Crippen LogP contribution in [0.2, 0.25) is 10.0 Å². The predicted molar refractivity (Wildman–Crippen MR) is 259 cm³/mol. The number of aromatic nitrogens is 4. The number of carboxylic acids is 1. The van der Waals surface area contributed by atoms with Gasteiger partial charge in [0, 0.05) is 62.4 Å². The second-order valence-corrected chi connectivity index (χ2v) is 19.5. The number of nitrogens with one attached hydrogen (secondary N) is 3. The first-order valence-electron chi connectivity index (χ1n) is 21.1. The number of ether oxygens (including phenoxy) is 2. The smallest absolute Gasteiger partial charge is 0.322 e. The average Bonchev–Trinajstić information content (AvgIpc) is 3.93. The van der Waals surface area contributed by atoms with E-state index in [0.29, 0.717) is 70.3 Å². The maximum atomic E-state index is 13.1. The number of aryl methyl sites for hydroxylation is 2. The third-order valence-electron chi connectivity index (χ3n) is 9.88. The van der Waals surface area contributed by atoms with Gasteiger partial charge in [-0.25, -0.2) is 4.98 Å². The highest BCUT2D eigenvalue weighted by molar-refractivity contribution is 7.15. The zero-order chi connectivity index (χ0) is 47.4. The van der Waals surface area contributed by atoms with Crippen LogP contribution >= 0.6 is 45.9 Å². The summed E-state index contributed by atoms with van der Waals surface area (Å²) in [5.41, 5.74) is 11.9. The number of aliphatic imine (C=N–C) groups is 1. The fourth-order valence-electron chi connectivity index (χ4n) is 6.45. The molecule has 0 radical (unpaired) electrons. The minimum Gasteiger partial charge on any atom is -0.493 e. The number of fused-ring (bicyclic) bond motifs is 3. The first-order chi connectivity index (χ1) is 30.8. The molecule has 1 aliphatic heterocycles. The molecule has 0 fully saturated rings. The minimum atomic E-state index is -1.08. The summed E-state index contributed by atoms with van der Waals surface area (Å²) in [6.07, 6.45) is 1.86. The lowest BCUT2D eigenvalue weighted by Gasteiger charge is -2.24. The molecular weight excluding hydrogens is 910 g/mol. The standard InChI is InChI=1S/C29H38ClN7O2S.C17H19ClN2O4S/c1-7-39-16-29(5,6)15-32-13-22(31)14-33-24(38)12-23-27-36-35-19(4)37(27)28-25(17(2)18(3)40-28)26(34-23)20-8-10-21(30)11-9-20;1-10(2)8-24-12-3-4-13(14(18)6-12)17-20-11(9-25-17)5-15(21)19-7-16(22)23/h8-11,13,23,32H,7,12,14-16,31H2,1-6H3,(H,33,38);3-4,6,9-10H,5,7-8H2,1-2H3,(H,19,21)(H,22,23)/b22-13-;/t23-;/m0./s1. The molecule has 0 saturated heterocycles. The monoisotopic (exact) mass is 965 g/mol. The minimum absolute atomic E-state index is 0.0248. The number of aliphatic carboxylic acids is 1. The molecule has 2 aromatic carbocycles. The largest absolute Gasteiger partial charge is 0.493 e. The van der Waals surface area contributed by atoms with E-state index in [1.54, 1.807) is 29.0 Å². The van der Waals surface area contributed by atoms with Gasteiger partial charge in [-0.2, -0.15) is 0 Å². The van der Waals surface area contributed by atoms with Gasteiger partial charge in [-0.3, -0.25) is 23.9 Å². The van der Waals surface area contributed by atoms with Gasteiger partial charge in [-0.05, 0) is 69.5 Å².